The fraction of sp³-hybridized carbons (Fsp3) is 0.304. The van der Waals surface area contributed by atoms with Crippen LogP contribution in [-0.4, -0.2) is 9.97 Å². The van der Waals surface area contributed by atoms with Gasteiger partial charge >= 0.3 is 0 Å². The summed E-state index contributed by atoms with van der Waals surface area (Å²) in [6.45, 7) is 10.6. The van der Waals surface area contributed by atoms with Crippen molar-refractivity contribution in [2.75, 3.05) is 0 Å². The first-order valence-corrected chi connectivity index (χ1v) is 10.6. The molecule has 146 valence electrons. The predicted molar refractivity (Wildman–Crippen MR) is 118 cm³/mol. The monoisotopic (exact) mass is 412 g/mol. The SMILES string of the molecule is Cc1ccc(Oc2cc(C(C)(C)C)nc(SCc3ccccc3Cl)n2)cc1C. The molecule has 0 fully saturated rings. The van der Waals surface area contributed by atoms with Crippen molar-refractivity contribution in [2.45, 2.75) is 50.9 Å². The van der Waals surface area contributed by atoms with Gasteiger partial charge in [0.05, 0.1) is 5.69 Å². The van der Waals surface area contributed by atoms with Crippen molar-refractivity contribution in [3.8, 4) is 11.6 Å². The molecule has 0 saturated carbocycles. The molecule has 0 spiro atoms. The molecular formula is C23H25ClN2OS. The van der Waals surface area contributed by atoms with E-state index < -0.39 is 0 Å². The zero-order valence-electron chi connectivity index (χ0n) is 16.9. The molecular weight excluding hydrogens is 388 g/mol. The largest absolute Gasteiger partial charge is 0.439 e. The Balaban J connectivity index is 1.88. The molecule has 0 aliphatic carbocycles. The number of aryl methyl sites for hydroxylation is 2. The summed E-state index contributed by atoms with van der Waals surface area (Å²) in [5.41, 5.74) is 4.33. The molecule has 3 aromatic rings. The minimum absolute atomic E-state index is 0.107. The summed E-state index contributed by atoms with van der Waals surface area (Å²) < 4.78 is 6.08. The van der Waals surface area contributed by atoms with E-state index in [1.807, 2.05) is 42.5 Å². The van der Waals surface area contributed by atoms with Crippen molar-refractivity contribution in [3.63, 3.8) is 0 Å². The number of ether oxygens (including phenoxy) is 1. The van der Waals surface area contributed by atoms with Crippen LogP contribution in [0.5, 0.6) is 11.6 Å². The molecule has 0 aliphatic rings. The number of hydrogen-bond donors (Lipinski definition) is 0. The van der Waals surface area contributed by atoms with Crippen LogP contribution in [0.4, 0.5) is 0 Å². The summed E-state index contributed by atoms with van der Waals surface area (Å²) in [5, 5.41) is 1.44. The van der Waals surface area contributed by atoms with Crippen LogP contribution in [0.1, 0.15) is 43.2 Å². The Morgan fingerprint density at radius 1 is 0.964 bits per heavy atom. The van der Waals surface area contributed by atoms with Gasteiger partial charge in [-0.1, -0.05) is 68.4 Å². The van der Waals surface area contributed by atoms with E-state index >= 15 is 0 Å². The zero-order chi connectivity index (χ0) is 20.3. The number of thioether (sulfide) groups is 1. The Kier molecular flexibility index (Phi) is 6.31. The van der Waals surface area contributed by atoms with Crippen molar-refractivity contribution < 1.29 is 4.74 Å². The van der Waals surface area contributed by atoms with Crippen LogP contribution in [0.25, 0.3) is 0 Å². The highest BCUT2D eigenvalue weighted by Crippen LogP contribution is 2.31. The quantitative estimate of drug-likeness (QED) is 0.329. The standard InChI is InChI=1S/C23H25ClN2OS/c1-15-10-11-18(12-16(15)2)27-21-13-20(23(3,4)5)25-22(26-21)28-14-17-8-6-7-9-19(17)24/h6-13H,14H2,1-5H3. The highest BCUT2D eigenvalue weighted by Gasteiger charge is 2.19. The molecule has 1 heterocycles. The maximum absolute atomic E-state index is 6.28. The van der Waals surface area contributed by atoms with Crippen LogP contribution in [-0.2, 0) is 11.2 Å². The molecule has 0 saturated heterocycles. The summed E-state index contributed by atoms with van der Waals surface area (Å²) in [6.07, 6.45) is 0. The van der Waals surface area contributed by atoms with Gasteiger partial charge < -0.3 is 4.74 Å². The summed E-state index contributed by atoms with van der Waals surface area (Å²) in [5.74, 6) is 2.05. The van der Waals surface area contributed by atoms with Crippen LogP contribution in [0.15, 0.2) is 53.7 Å². The van der Waals surface area contributed by atoms with E-state index in [1.165, 1.54) is 11.1 Å². The molecule has 5 heteroatoms. The lowest BCUT2D eigenvalue weighted by Crippen LogP contribution is -2.14. The van der Waals surface area contributed by atoms with Crippen LogP contribution >= 0.6 is 23.4 Å². The van der Waals surface area contributed by atoms with Gasteiger partial charge in [0.25, 0.3) is 0 Å². The van der Waals surface area contributed by atoms with E-state index in [4.69, 9.17) is 21.3 Å². The molecule has 0 unspecified atom stereocenters. The molecule has 0 amide bonds. The second-order valence-electron chi connectivity index (χ2n) is 7.85. The topological polar surface area (TPSA) is 35.0 Å². The van der Waals surface area contributed by atoms with Gasteiger partial charge in [0.15, 0.2) is 5.16 Å². The van der Waals surface area contributed by atoms with Gasteiger partial charge in [-0.15, -0.1) is 0 Å². The van der Waals surface area contributed by atoms with Gasteiger partial charge in [-0.3, -0.25) is 0 Å². The van der Waals surface area contributed by atoms with Gasteiger partial charge in [-0.2, -0.15) is 4.98 Å². The van der Waals surface area contributed by atoms with Gasteiger partial charge in [0.1, 0.15) is 5.75 Å². The maximum atomic E-state index is 6.28. The Morgan fingerprint density at radius 2 is 1.71 bits per heavy atom. The van der Waals surface area contributed by atoms with Crippen LogP contribution in [0.3, 0.4) is 0 Å². The van der Waals surface area contributed by atoms with Gasteiger partial charge in [0.2, 0.25) is 5.88 Å². The van der Waals surface area contributed by atoms with Gasteiger partial charge in [-0.25, -0.2) is 4.98 Å². The lowest BCUT2D eigenvalue weighted by molar-refractivity contribution is 0.446. The van der Waals surface area contributed by atoms with Crippen LogP contribution in [0, 0.1) is 13.8 Å². The van der Waals surface area contributed by atoms with Gasteiger partial charge in [-0.05, 0) is 48.7 Å². The molecule has 0 radical (unpaired) electrons. The van der Waals surface area contributed by atoms with Crippen molar-refractivity contribution in [1.29, 1.82) is 0 Å². The molecule has 0 atom stereocenters. The smallest absolute Gasteiger partial charge is 0.223 e. The molecule has 2 aromatic carbocycles. The fourth-order valence-electron chi connectivity index (χ4n) is 2.56. The van der Waals surface area contributed by atoms with E-state index in [1.54, 1.807) is 11.8 Å². The van der Waals surface area contributed by atoms with Gasteiger partial charge in [0, 0.05) is 22.3 Å². The first-order valence-electron chi connectivity index (χ1n) is 9.23. The molecule has 28 heavy (non-hydrogen) atoms. The average molecular weight is 413 g/mol. The van der Waals surface area contributed by atoms with Crippen molar-refractivity contribution in [2.24, 2.45) is 0 Å². The number of halogens is 1. The first kappa shape index (κ1) is 20.7. The van der Waals surface area contributed by atoms with Crippen LogP contribution in [0.2, 0.25) is 5.02 Å². The number of aromatic nitrogens is 2. The van der Waals surface area contributed by atoms with E-state index in [0.29, 0.717) is 16.8 Å². The van der Waals surface area contributed by atoms with Crippen molar-refractivity contribution >= 4 is 23.4 Å². The van der Waals surface area contributed by atoms with E-state index in [0.717, 1.165) is 22.0 Å². The summed E-state index contributed by atoms with van der Waals surface area (Å²) >= 11 is 7.84. The number of hydrogen-bond acceptors (Lipinski definition) is 4. The second kappa shape index (κ2) is 8.54. The minimum Gasteiger partial charge on any atom is -0.439 e. The highest BCUT2D eigenvalue weighted by atomic mass is 35.5. The third kappa shape index (κ3) is 5.27. The predicted octanol–water partition coefficient (Wildman–Crippen LogP) is 7.13. The third-order valence-electron chi connectivity index (χ3n) is 4.47. The molecule has 0 N–H and O–H groups in total. The third-order valence-corrected chi connectivity index (χ3v) is 5.73. The zero-order valence-corrected chi connectivity index (χ0v) is 18.5. The minimum atomic E-state index is -0.107. The second-order valence-corrected chi connectivity index (χ2v) is 9.20. The molecule has 1 aromatic heterocycles. The van der Waals surface area contributed by atoms with Crippen LogP contribution < -0.4 is 4.74 Å². The normalized spacial score (nSPS) is 11.5. The lowest BCUT2D eigenvalue weighted by Gasteiger charge is -2.19. The molecule has 0 aliphatic heterocycles. The van der Waals surface area contributed by atoms with E-state index in [-0.39, 0.29) is 5.41 Å². The van der Waals surface area contributed by atoms with E-state index in [9.17, 15) is 0 Å². The van der Waals surface area contributed by atoms with Crippen molar-refractivity contribution in [3.05, 3.63) is 75.9 Å². The Morgan fingerprint density at radius 3 is 2.39 bits per heavy atom. The molecule has 3 nitrogen and oxygen atoms in total. The highest BCUT2D eigenvalue weighted by molar-refractivity contribution is 7.98. The summed E-state index contributed by atoms with van der Waals surface area (Å²) in [6, 6.07) is 15.8. The first-order chi connectivity index (χ1) is 13.2. The van der Waals surface area contributed by atoms with Crippen molar-refractivity contribution in [1.82, 2.24) is 9.97 Å². The number of nitrogens with zero attached hydrogens (tertiary/aromatic N) is 2. The fourth-order valence-corrected chi connectivity index (χ4v) is 3.70. The van der Waals surface area contributed by atoms with E-state index in [2.05, 4.69) is 45.7 Å². The Labute approximate surface area is 176 Å². The summed E-state index contributed by atoms with van der Waals surface area (Å²) in [4.78, 5) is 9.38. The Bertz CT molecular complexity index is 983. The average Bonchev–Trinajstić information content (AvgIpc) is 2.63. The Hall–Kier alpha value is -2.04. The molecule has 0 bridgehead atoms. The molecule has 3 rings (SSSR count). The summed E-state index contributed by atoms with van der Waals surface area (Å²) in [7, 11) is 0. The number of rotatable bonds is 5. The lowest BCUT2D eigenvalue weighted by atomic mass is 9.92. The maximum Gasteiger partial charge on any atom is 0.223 e. The number of benzene rings is 2.